The van der Waals surface area contributed by atoms with Gasteiger partial charge in [-0.05, 0) is 25.0 Å². The van der Waals surface area contributed by atoms with E-state index in [1.54, 1.807) is 0 Å². The molecule has 2 nitrogen and oxygen atoms in total. The van der Waals surface area contributed by atoms with Crippen molar-refractivity contribution in [2.45, 2.75) is 38.6 Å². The van der Waals surface area contributed by atoms with Gasteiger partial charge in [0.05, 0.1) is 4.34 Å². The standard InChI is InChI=1S/C12H16ClNOS/c1-12(6-2-3-9(12)14)10(15)7-8-4-5-11(13)16-8/h4-5,9H,2-3,6-7,14H2,1H3. The van der Waals surface area contributed by atoms with E-state index in [2.05, 4.69) is 0 Å². The number of rotatable bonds is 3. The van der Waals surface area contributed by atoms with Crippen LogP contribution in [0.1, 0.15) is 31.1 Å². The van der Waals surface area contributed by atoms with Crippen LogP contribution in [0.15, 0.2) is 12.1 Å². The highest BCUT2D eigenvalue weighted by Gasteiger charge is 2.42. The molecule has 1 saturated carbocycles. The first-order chi connectivity index (χ1) is 7.52. The summed E-state index contributed by atoms with van der Waals surface area (Å²) in [6.07, 6.45) is 3.43. The molecule has 0 bridgehead atoms. The SMILES string of the molecule is CC1(C(=O)Cc2ccc(Cl)s2)CCCC1N. The molecule has 0 radical (unpaired) electrons. The number of carbonyl (C=O) groups excluding carboxylic acids is 1. The molecule has 16 heavy (non-hydrogen) atoms. The van der Waals surface area contributed by atoms with Crippen LogP contribution in [-0.2, 0) is 11.2 Å². The van der Waals surface area contributed by atoms with Crippen molar-refractivity contribution in [3.8, 4) is 0 Å². The molecule has 0 aromatic carbocycles. The Hall–Kier alpha value is -0.380. The Bertz CT molecular complexity index is 403. The maximum absolute atomic E-state index is 12.2. The number of hydrogen-bond donors (Lipinski definition) is 1. The lowest BCUT2D eigenvalue weighted by Crippen LogP contribution is -2.41. The molecule has 0 spiro atoms. The third-order valence-corrected chi connectivity index (χ3v) is 4.86. The van der Waals surface area contributed by atoms with Crippen LogP contribution in [0.25, 0.3) is 0 Å². The first kappa shape index (κ1) is 12.1. The first-order valence-electron chi connectivity index (χ1n) is 5.55. The Morgan fingerprint density at radius 2 is 2.44 bits per heavy atom. The Morgan fingerprint density at radius 1 is 1.69 bits per heavy atom. The van der Waals surface area contributed by atoms with Crippen LogP contribution in [0.3, 0.4) is 0 Å². The maximum atomic E-state index is 12.2. The van der Waals surface area contributed by atoms with E-state index in [-0.39, 0.29) is 17.2 Å². The molecule has 0 aliphatic heterocycles. The van der Waals surface area contributed by atoms with Crippen molar-refractivity contribution in [3.63, 3.8) is 0 Å². The van der Waals surface area contributed by atoms with E-state index in [0.29, 0.717) is 6.42 Å². The number of Topliss-reactive ketones (excluding diaryl/α,β-unsaturated/α-hetero) is 1. The Labute approximate surface area is 105 Å². The minimum Gasteiger partial charge on any atom is -0.327 e. The van der Waals surface area contributed by atoms with Crippen molar-refractivity contribution < 1.29 is 4.79 Å². The van der Waals surface area contributed by atoms with Gasteiger partial charge in [0.1, 0.15) is 5.78 Å². The predicted molar refractivity (Wildman–Crippen MR) is 68.0 cm³/mol. The number of nitrogens with two attached hydrogens (primary N) is 1. The van der Waals surface area contributed by atoms with Crippen LogP contribution in [0.5, 0.6) is 0 Å². The highest BCUT2D eigenvalue weighted by atomic mass is 35.5. The van der Waals surface area contributed by atoms with Gasteiger partial charge in [-0.15, -0.1) is 11.3 Å². The summed E-state index contributed by atoms with van der Waals surface area (Å²) in [6, 6.07) is 3.79. The number of ketones is 1. The van der Waals surface area contributed by atoms with Gasteiger partial charge >= 0.3 is 0 Å². The number of thiophene rings is 1. The van der Waals surface area contributed by atoms with Crippen molar-refractivity contribution in [1.82, 2.24) is 0 Å². The van der Waals surface area contributed by atoms with Crippen LogP contribution in [0, 0.1) is 5.41 Å². The van der Waals surface area contributed by atoms with Crippen molar-refractivity contribution in [2.24, 2.45) is 11.1 Å². The lowest BCUT2D eigenvalue weighted by molar-refractivity contribution is -0.127. The van der Waals surface area contributed by atoms with Crippen molar-refractivity contribution in [3.05, 3.63) is 21.3 Å². The highest BCUT2D eigenvalue weighted by molar-refractivity contribution is 7.16. The van der Waals surface area contributed by atoms with Crippen LogP contribution in [0.2, 0.25) is 4.34 Å². The van der Waals surface area contributed by atoms with Gasteiger partial charge in [0, 0.05) is 22.8 Å². The fourth-order valence-electron chi connectivity index (χ4n) is 2.35. The first-order valence-corrected chi connectivity index (χ1v) is 6.75. The molecular formula is C12H16ClNOS. The number of carbonyl (C=O) groups is 1. The molecule has 2 atom stereocenters. The summed E-state index contributed by atoms with van der Waals surface area (Å²) in [5.41, 5.74) is 5.71. The second-order valence-corrected chi connectivity index (χ2v) is 6.52. The van der Waals surface area contributed by atoms with E-state index in [1.165, 1.54) is 11.3 Å². The molecule has 0 amide bonds. The van der Waals surface area contributed by atoms with E-state index in [9.17, 15) is 4.79 Å². The fourth-order valence-corrected chi connectivity index (χ4v) is 3.43. The topological polar surface area (TPSA) is 43.1 Å². The van der Waals surface area contributed by atoms with E-state index in [4.69, 9.17) is 17.3 Å². The van der Waals surface area contributed by atoms with Gasteiger partial charge in [0.25, 0.3) is 0 Å². The average molecular weight is 258 g/mol. The Morgan fingerprint density at radius 3 is 2.94 bits per heavy atom. The van der Waals surface area contributed by atoms with Crippen LogP contribution >= 0.6 is 22.9 Å². The molecule has 88 valence electrons. The zero-order chi connectivity index (χ0) is 11.8. The lowest BCUT2D eigenvalue weighted by Gasteiger charge is -2.27. The zero-order valence-electron chi connectivity index (χ0n) is 9.33. The predicted octanol–water partition coefficient (Wildman–Crippen LogP) is 3.03. The Balaban J connectivity index is 2.08. The van der Waals surface area contributed by atoms with Crippen molar-refractivity contribution >= 4 is 28.7 Å². The van der Waals surface area contributed by atoms with Gasteiger partial charge in [-0.1, -0.05) is 24.9 Å². The molecule has 1 aromatic heterocycles. The van der Waals surface area contributed by atoms with Gasteiger partial charge in [0.2, 0.25) is 0 Å². The molecule has 2 N–H and O–H groups in total. The third-order valence-electron chi connectivity index (χ3n) is 3.63. The normalized spacial score (nSPS) is 29.6. The van der Waals surface area contributed by atoms with Crippen molar-refractivity contribution in [1.29, 1.82) is 0 Å². The van der Waals surface area contributed by atoms with Crippen LogP contribution < -0.4 is 5.73 Å². The number of hydrogen-bond acceptors (Lipinski definition) is 3. The summed E-state index contributed by atoms with van der Waals surface area (Å²) < 4.78 is 0.740. The molecule has 0 saturated heterocycles. The van der Waals surface area contributed by atoms with Crippen LogP contribution in [0.4, 0.5) is 0 Å². The summed E-state index contributed by atoms with van der Waals surface area (Å²) in [6.45, 7) is 2.00. The summed E-state index contributed by atoms with van der Waals surface area (Å²) in [5.74, 6) is 0.260. The monoisotopic (exact) mass is 257 g/mol. The van der Waals surface area contributed by atoms with Gasteiger partial charge in [-0.25, -0.2) is 0 Å². The highest BCUT2D eigenvalue weighted by Crippen LogP contribution is 2.38. The summed E-state index contributed by atoms with van der Waals surface area (Å²) in [5, 5.41) is 0. The average Bonchev–Trinajstić information content (AvgIpc) is 2.76. The largest absolute Gasteiger partial charge is 0.327 e. The van der Waals surface area contributed by atoms with Crippen LogP contribution in [-0.4, -0.2) is 11.8 Å². The van der Waals surface area contributed by atoms with E-state index in [0.717, 1.165) is 28.5 Å². The van der Waals surface area contributed by atoms with Gasteiger partial charge < -0.3 is 5.73 Å². The lowest BCUT2D eigenvalue weighted by atomic mass is 9.79. The maximum Gasteiger partial charge on any atom is 0.145 e. The molecular weight excluding hydrogens is 242 g/mol. The second kappa shape index (κ2) is 4.47. The third kappa shape index (κ3) is 2.17. The molecule has 2 rings (SSSR count). The Kier molecular flexibility index (Phi) is 3.38. The molecule has 1 aliphatic carbocycles. The molecule has 2 unspecified atom stereocenters. The molecule has 1 aromatic rings. The second-order valence-electron chi connectivity index (χ2n) is 4.72. The minimum absolute atomic E-state index is 0.0236. The smallest absolute Gasteiger partial charge is 0.145 e. The summed E-state index contributed by atoms with van der Waals surface area (Å²) >= 11 is 7.33. The zero-order valence-corrected chi connectivity index (χ0v) is 10.9. The fraction of sp³-hybridized carbons (Fsp3) is 0.583. The van der Waals surface area contributed by atoms with Gasteiger partial charge in [-0.3, -0.25) is 4.79 Å². The molecule has 1 heterocycles. The van der Waals surface area contributed by atoms with E-state index >= 15 is 0 Å². The molecule has 1 aliphatic rings. The van der Waals surface area contributed by atoms with E-state index < -0.39 is 0 Å². The van der Waals surface area contributed by atoms with Crippen molar-refractivity contribution in [2.75, 3.05) is 0 Å². The molecule has 1 fully saturated rings. The van der Waals surface area contributed by atoms with E-state index in [1.807, 2.05) is 19.1 Å². The summed E-state index contributed by atoms with van der Waals surface area (Å²) in [4.78, 5) is 13.3. The number of halogens is 1. The summed E-state index contributed by atoms with van der Waals surface area (Å²) in [7, 11) is 0. The quantitative estimate of drug-likeness (QED) is 0.905. The van der Waals surface area contributed by atoms with Gasteiger partial charge in [-0.2, -0.15) is 0 Å². The molecule has 4 heteroatoms. The van der Waals surface area contributed by atoms with Gasteiger partial charge in [0.15, 0.2) is 0 Å². The minimum atomic E-state index is -0.323.